The van der Waals surface area contributed by atoms with E-state index in [2.05, 4.69) is 31.2 Å². The molecule has 0 aromatic heterocycles. The standard InChI is InChI=1S/C15H17BO2S/c1-12-5-2-3-7-14(12)11-19-10-13-6-4-8-15(9-13)16(17)18/h2-9,17-18H,10-11H2,1H3. The lowest BCUT2D eigenvalue weighted by molar-refractivity contribution is 0.425. The molecule has 0 aliphatic rings. The van der Waals surface area contributed by atoms with Crippen LogP contribution < -0.4 is 5.46 Å². The van der Waals surface area contributed by atoms with E-state index in [4.69, 9.17) is 10.0 Å². The largest absolute Gasteiger partial charge is 0.488 e. The van der Waals surface area contributed by atoms with Crippen molar-refractivity contribution in [2.24, 2.45) is 0 Å². The van der Waals surface area contributed by atoms with E-state index in [1.807, 2.05) is 30.0 Å². The van der Waals surface area contributed by atoms with Crippen LogP contribution in [0.15, 0.2) is 48.5 Å². The molecule has 0 heterocycles. The summed E-state index contributed by atoms with van der Waals surface area (Å²) in [6, 6.07) is 15.8. The summed E-state index contributed by atoms with van der Waals surface area (Å²) in [6.07, 6.45) is 0. The third kappa shape index (κ3) is 4.13. The van der Waals surface area contributed by atoms with Crippen LogP contribution in [0.4, 0.5) is 0 Å². The lowest BCUT2D eigenvalue weighted by atomic mass is 9.80. The second kappa shape index (κ2) is 6.80. The molecule has 2 aromatic rings. The van der Waals surface area contributed by atoms with Gasteiger partial charge in [0, 0.05) is 11.5 Å². The minimum atomic E-state index is -1.39. The van der Waals surface area contributed by atoms with Crippen LogP contribution >= 0.6 is 11.8 Å². The van der Waals surface area contributed by atoms with E-state index in [-0.39, 0.29) is 0 Å². The van der Waals surface area contributed by atoms with Crippen LogP contribution in [0.3, 0.4) is 0 Å². The molecule has 19 heavy (non-hydrogen) atoms. The van der Waals surface area contributed by atoms with Gasteiger partial charge in [-0.15, -0.1) is 0 Å². The van der Waals surface area contributed by atoms with E-state index in [0.29, 0.717) is 5.46 Å². The highest BCUT2D eigenvalue weighted by Gasteiger charge is 2.10. The van der Waals surface area contributed by atoms with Crippen LogP contribution in [0.2, 0.25) is 0 Å². The van der Waals surface area contributed by atoms with Crippen molar-refractivity contribution >= 4 is 24.3 Å². The van der Waals surface area contributed by atoms with E-state index in [0.717, 1.165) is 17.1 Å². The van der Waals surface area contributed by atoms with Gasteiger partial charge in [0.2, 0.25) is 0 Å². The van der Waals surface area contributed by atoms with Crippen LogP contribution in [-0.4, -0.2) is 17.2 Å². The summed E-state index contributed by atoms with van der Waals surface area (Å²) < 4.78 is 0. The molecule has 98 valence electrons. The summed E-state index contributed by atoms with van der Waals surface area (Å²) >= 11 is 1.83. The smallest absolute Gasteiger partial charge is 0.423 e. The summed E-state index contributed by atoms with van der Waals surface area (Å²) in [4.78, 5) is 0. The Morgan fingerprint density at radius 2 is 1.79 bits per heavy atom. The van der Waals surface area contributed by atoms with E-state index in [9.17, 15) is 0 Å². The number of hydrogen-bond donors (Lipinski definition) is 2. The maximum absolute atomic E-state index is 9.14. The lowest BCUT2D eigenvalue weighted by Crippen LogP contribution is -2.29. The van der Waals surface area contributed by atoms with Crippen molar-refractivity contribution in [1.29, 1.82) is 0 Å². The molecule has 0 aliphatic carbocycles. The number of aryl methyl sites for hydroxylation is 1. The summed E-state index contributed by atoms with van der Waals surface area (Å²) in [5, 5.41) is 18.3. The molecule has 2 N–H and O–H groups in total. The zero-order chi connectivity index (χ0) is 13.7. The molecule has 2 nitrogen and oxygen atoms in total. The summed E-state index contributed by atoms with van der Waals surface area (Å²) in [5.74, 6) is 1.84. The molecule has 0 aliphatic heterocycles. The van der Waals surface area contributed by atoms with E-state index < -0.39 is 7.12 Å². The van der Waals surface area contributed by atoms with Gasteiger partial charge in [0.1, 0.15) is 0 Å². The minimum absolute atomic E-state index is 0.550. The van der Waals surface area contributed by atoms with Crippen molar-refractivity contribution in [3.63, 3.8) is 0 Å². The molecule has 0 unspecified atom stereocenters. The number of hydrogen-bond acceptors (Lipinski definition) is 3. The third-order valence-corrected chi connectivity index (χ3v) is 4.09. The first-order valence-corrected chi connectivity index (χ1v) is 7.39. The van der Waals surface area contributed by atoms with Gasteiger partial charge in [-0.1, -0.05) is 48.5 Å². The maximum atomic E-state index is 9.14. The van der Waals surface area contributed by atoms with Crippen molar-refractivity contribution in [2.75, 3.05) is 0 Å². The summed E-state index contributed by atoms with van der Waals surface area (Å²) in [6.45, 7) is 2.12. The Bertz CT molecular complexity index is 543. The molecule has 2 rings (SSSR count). The molecule has 4 heteroatoms. The first-order valence-electron chi connectivity index (χ1n) is 6.24. The van der Waals surface area contributed by atoms with Crippen molar-refractivity contribution in [3.8, 4) is 0 Å². The maximum Gasteiger partial charge on any atom is 0.488 e. The zero-order valence-corrected chi connectivity index (χ0v) is 11.7. The van der Waals surface area contributed by atoms with Gasteiger partial charge in [0.05, 0.1) is 0 Å². The number of benzene rings is 2. The highest BCUT2D eigenvalue weighted by molar-refractivity contribution is 7.97. The van der Waals surface area contributed by atoms with Crippen molar-refractivity contribution in [2.45, 2.75) is 18.4 Å². The molecule has 0 fully saturated rings. The van der Waals surface area contributed by atoms with Gasteiger partial charge in [-0.2, -0.15) is 11.8 Å². The van der Waals surface area contributed by atoms with Gasteiger partial charge < -0.3 is 10.0 Å². The normalized spacial score (nSPS) is 10.5. The van der Waals surface area contributed by atoms with Gasteiger partial charge in [-0.3, -0.25) is 0 Å². The summed E-state index contributed by atoms with van der Waals surface area (Å²) in [7, 11) is -1.39. The first-order chi connectivity index (χ1) is 9.16. The zero-order valence-electron chi connectivity index (χ0n) is 10.9. The molecule has 0 saturated heterocycles. The Morgan fingerprint density at radius 1 is 1.00 bits per heavy atom. The quantitative estimate of drug-likeness (QED) is 0.819. The topological polar surface area (TPSA) is 40.5 Å². The van der Waals surface area contributed by atoms with Crippen LogP contribution in [0.25, 0.3) is 0 Å². The second-order valence-corrected chi connectivity index (χ2v) is 5.52. The average molecular weight is 272 g/mol. The Hall–Kier alpha value is -1.23. The molecule has 0 radical (unpaired) electrons. The van der Waals surface area contributed by atoms with Gasteiger partial charge in [-0.05, 0) is 29.1 Å². The number of rotatable bonds is 5. The molecule has 0 amide bonds. The fourth-order valence-corrected chi connectivity index (χ4v) is 2.96. The van der Waals surface area contributed by atoms with Gasteiger partial charge in [0.15, 0.2) is 0 Å². The number of thioether (sulfide) groups is 1. The molecule has 0 bridgehead atoms. The van der Waals surface area contributed by atoms with E-state index in [1.165, 1.54) is 11.1 Å². The predicted molar refractivity (Wildman–Crippen MR) is 82.4 cm³/mol. The van der Waals surface area contributed by atoms with Crippen LogP contribution in [0.1, 0.15) is 16.7 Å². The summed E-state index contributed by atoms with van der Waals surface area (Å²) in [5.41, 5.74) is 4.33. The highest BCUT2D eigenvalue weighted by Crippen LogP contribution is 2.19. The monoisotopic (exact) mass is 272 g/mol. The van der Waals surface area contributed by atoms with Crippen LogP contribution in [0, 0.1) is 6.92 Å². The fraction of sp³-hybridized carbons (Fsp3) is 0.200. The fourth-order valence-electron chi connectivity index (χ4n) is 1.89. The van der Waals surface area contributed by atoms with Crippen molar-refractivity contribution in [1.82, 2.24) is 0 Å². The molecule has 0 atom stereocenters. The third-order valence-electron chi connectivity index (χ3n) is 3.04. The second-order valence-electron chi connectivity index (χ2n) is 4.54. The van der Waals surface area contributed by atoms with Crippen LogP contribution in [0.5, 0.6) is 0 Å². The van der Waals surface area contributed by atoms with Gasteiger partial charge in [-0.25, -0.2) is 0 Å². The Kier molecular flexibility index (Phi) is 5.08. The first kappa shape index (κ1) is 14.2. The lowest BCUT2D eigenvalue weighted by Gasteiger charge is -2.07. The molecular weight excluding hydrogens is 255 g/mol. The molecule has 2 aromatic carbocycles. The van der Waals surface area contributed by atoms with Gasteiger partial charge >= 0.3 is 7.12 Å². The van der Waals surface area contributed by atoms with Crippen LogP contribution in [-0.2, 0) is 11.5 Å². The Balaban J connectivity index is 1.93. The average Bonchev–Trinajstić information content (AvgIpc) is 2.41. The van der Waals surface area contributed by atoms with Crippen molar-refractivity contribution < 1.29 is 10.0 Å². The minimum Gasteiger partial charge on any atom is -0.423 e. The van der Waals surface area contributed by atoms with Crippen molar-refractivity contribution in [3.05, 3.63) is 65.2 Å². The predicted octanol–water partition coefficient (Wildman–Crippen LogP) is 2.11. The molecule has 0 saturated carbocycles. The molecular formula is C15H17BO2S. The van der Waals surface area contributed by atoms with Gasteiger partial charge in [0.25, 0.3) is 0 Å². The SMILES string of the molecule is Cc1ccccc1CSCc1cccc(B(O)O)c1. The molecule has 0 spiro atoms. The Labute approximate surface area is 118 Å². The highest BCUT2D eigenvalue weighted by atomic mass is 32.2. The van der Waals surface area contributed by atoms with E-state index in [1.54, 1.807) is 6.07 Å². The van der Waals surface area contributed by atoms with E-state index >= 15 is 0 Å². The Morgan fingerprint density at radius 3 is 2.53 bits per heavy atom.